The van der Waals surface area contributed by atoms with E-state index in [-0.39, 0.29) is 0 Å². The van der Waals surface area contributed by atoms with Crippen molar-refractivity contribution in [3.63, 3.8) is 0 Å². The number of nitrogens with zero attached hydrogens (tertiary/aromatic N) is 2. The molecule has 2 heterocycles. The number of hydrogen-bond donors (Lipinski definition) is 0. The van der Waals surface area contributed by atoms with Crippen molar-refractivity contribution >= 4 is 48.8 Å². The summed E-state index contributed by atoms with van der Waals surface area (Å²) in [5, 5.41) is 3.63. The first-order valence-corrected chi connectivity index (χ1v) is 9.05. The smallest absolute Gasteiger partial charge is 0.142 e. The lowest BCUT2D eigenvalue weighted by Crippen LogP contribution is -1.92. The van der Waals surface area contributed by atoms with Gasteiger partial charge < -0.3 is 4.57 Å². The Morgan fingerprint density at radius 3 is 2.44 bits per heavy atom. The lowest BCUT2D eigenvalue weighted by atomic mass is 9.96. The van der Waals surface area contributed by atoms with Crippen LogP contribution in [0.15, 0.2) is 77.3 Å². The third-order valence-corrected chi connectivity index (χ3v) is 5.34. The van der Waals surface area contributed by atoms with Crippen molar-refractivity contribution < 1.29 is 0 Å². The van der Waals surface area contributed by atoms with E-state index in [1.54, 1.807) is 0 Å². The van der Waals surface area contributed by atoms with Crippen LogP contribution >= 0.6 is 15.9 Å². The van der Waals surface area contributed by atoms with E-state index in [1.807, 2.05) is 0 Å². The summed E-state index contributed by atoms with van der Waals surface area (Å²) in [6, 6.07) is 25.4. The van der Waals surface area contributed by atoms with E-state index in [0.29, 0.717) is 0 Å². The van der Waals surface area contributed by atoms with Gasteiger partial charge in [-0.3, -0.25) is 0 Å². The van der Waals surface area contributed by atoms with Crippen LogP contribution < -0.4 is 0 Å². The van der Waals surface area contributed by atoms with Gasteiger partial charge in [-0.05, 0) is 29.8 Å². The van der Waals surface area contributed by atoms with Crippen molar-refractivity contribution in [1.29, 1.82) is 0 Å². The molecule has 0 N–H and O–H groups in total. The number of benzene rings is 3. The summed E-state index contributed by atoms with van der Waals surface area (Å²) in [5.74, 6) is 0. The maximum Gasteiger partial charge on any atom is 0.142 e. The van der Waals surface area contributed by atoms with E-state index >= 15 is 0 Å². The highest BCUT2D eigenvalue weighted by atomic mass is 79.9. The Kier molecular flexibility index (Phi) is 3.19. The molecule has 0 aliphatic rings. The predicted molar refractivity (Wildman–Crippen MR) is 109 cm³/mol. The van der Waals surface area contributed by atoms with Crippen LogP contribution in [0, 0.1) is 0 Å². The summed E-state index contributed by atoms with van der Waals surface area (Å²) in [7, 11) is 2.09. The number of para-hydroxylation sites is 1. The molecule has 120 valence electrons. The first kappa shape index (κ1) is 14.7. The quantitative estimate of drug-likeness (QED) is 0.330. The molecule has 5 rings (SSSR count). The largest absolute Gasteiger partial charge is 0.328 e. The average molecular weight is 387 g/mol. The van der Waals surface area contributed by atoms with Crippen LogP contribution in [0.3, 0.4) is 0 Å². The van der Waals surface area contributed by atoms with E-state index < -0.39 is 0 Å². The van der Waals surface area contributed by atoms with Gasteiger partial charge >= 0.3 is 0 Å². The highest BCUT2D eigenvalue weighted by molar-refractivity contribution is 9.10. The average Bonchev–Trinajstić information content (AvgIpc) is 2.93. The van der Waals surface area contributed by atoms with E-state index in [4.69, 9.17) is 4.98 Å². The number of rotatable bonds is 1. The molecule has 0 atom stereocenters. The molecule has 2 nitrogen and oxygen atoms in total. The van der Waals surface area contributed by atoms with Crippen LogP contribution in [0.4, 0.5) is 0 Å². The molecule has 0 fully saturated rings. The van der Waals surface area contributed by atoms with Gasteiger partial charge in [-0.15, -0.1) is 0 Å². The standard InChI is InChI=1S/C22H15BrN2/c1-25-19-10-6-5-9-16(19)21-20(14-7-3-2-4-8-14)17-13-15(23)11-12-18(17)24-22(21)25/h2-13H,1H3. The van der Waals surface area contributed by atoms with Gasteiger partial charge in [0.25, 0.3) is 0 Å². The molecule has 0 saturated heterocycles. The third-order valence-electron chi connectivity index (χ3n) is 4.84. The van der Waals surface area contributed by atoms with Gasteiger partial charge in [0.1, 0.15) is 5.65 Å². The Morgan fingerprint density at radius 1 is 0.840 bits per heavy atom. The number of aryl methyl sites for hydroxylation is 1. The first-order chi connectivity index (χ1) is 12.2. The summed E-state index contributed by atoms with van der Waals surface area (Å²) in [5.41, 5.74) is 5.71. The molecule has 3 heteroatoms. The fourth-order valence-corrected chi connectivity index (χ4v) is 4.08. The van der Waals surface area contributed by atoms with Crippen molar-refractivity contribution in [1.82, 2.24) is 9.55 Å². The number of fused-ring (bicyclic) bond motifs is 4. The zero-order valence-corrected chi connectivity index (χ0v) is 15.3. The number of pyridine rings is 1. The monoisotopic (exact) mass is 386 g/mol. The molecular formula is C22H15BrN2. The Balaban J connectivity index is 2.11. The SMILES string of the molecule is Cn1c2ccccc2c2c(-c3ccccc3)c3cc(Br)ccc3nc21. The van der Waals surface area contributed by atoms with Crippen molar-refractivity contribution in [3.8, 4) is 11.1 Å². The second-order valence-electron chi connectivity index (χ2n) is 6.29. The Labute approximate surface area is 153 Å². The fraction of sp³-hybridized carbons (Fsp3) is 0.0455. The Morgan fingerprint density at radius 2 is 1.60 bits per heavy atom. The zero-order chi connectivity index (χ0) is 17.0. The minimum atomic E-state index is 1.01. The lowest BCUT2D eigenvalue weighted by Gasteiger charge is -2.10. The zero-order valence-electron chi connectivity index (χ0n) is 13.7. The van der Waals surface area contributed by atoms with E-state index in [2.05, 4.69) is 100 Å². The van der Waals surface area contributed by atoms with Crippen LogP contribution in [0.25, 0.3) is 44.0 Å². The normalized spacial score (nSPS) is 11.6. The van der Waals surface area contributed by atoms with E-state index in [0.717, 1.165) is 15.6 Å². The predicted octanol–water partition coefficient (Wildman–Crippen LogP) is 6.31. The maximum absolute atomic E-state index is 4.98. The molecule has 0 amide bonds. The molecule has 0 saturated carbocycles. The molecule has 0 radical (unpaired) electrons. The molecule has 0 aliphatic carbocycles. The van der Waals surface area contributed by atoms with Crippen LogP contribution in [-0.4, -0.2) is 9.55 Å². The van der Waals surface area contributed by atoms with Gasteiger partial charge in [0, 0.05) is 33.2 Å². The highest BCUT2D eigenvalue weighted by Crippen LogP contribution is 2.40. The Bertz CT molecular complexity index is 1250. The minimum absolute atomic E-state index is 1.01. The van der Waals surface area contributed by atoms with Crippen LogP contribution in [0.2, 0.25) is 0 Å². The summed E-state index contributed by atoms with van der Waals surface area (Å²) < 4.78 is 3.26. The van der Waals surface area contributed by atoms with Crippen molar-refractivity contribution in [2.75, 3.05) is 0 Å². The van der Waals surface area contributed by atoms with E-state index in [9.17, 15) is 0 Å². The molecule has 0 unspecified atom stereocenters. The molecule has 0 aliphatic heterocycles. The molecule has 25 heavy (non-hydrogen) atoms. The second kappa shape index (κ2) is 5.43. The van der Waals surface area contributed by atoms with Gasteiger partial charge in [-0.25, -0.2) is 4.98 Å². The number of aromatic nitrogens is 2. The summed E-state index contributed by atoms with van der Waals surface area (Å²) >= 11 is 3.63. The molecule has 2 aromatic heterocycles. The fourth-order valence-electron chi connectivity index (χ4n) is 3.72. The van der Waals surface area contributed by atoms with E-state index in [1.165, 1.54) is 32.8 Å². The number of hydrogen-bond acceptors (Lipinski definition) is 1. The van der Waals surface area contributed by atoms with Crippen molar-refractivity contribution in [3.05, 3.63) is 77.3 Å². The second-order valence-corrected chi connectivity index (χ2v) is 7.20. The maximum atomic E-state index is 4.98. The molecule has 0 spiro atoms. The third kappa shape index (κ3) is 2.12. The summed E-state index contributed by atoms with van der Waals surface area (Å²) in [6.45, 7) is 0. The first-order valence-electron chi connectivity index (χ1n) is 8.26. The lowest BCUT2D eigenvalue weighted by molar-refractivity contribution is 0.994. The van der Waals surface area contributed by atoms with Gasteiger partial charge in [0.2, 0.25) is 0 Å². The van der Waals surface area contributed by atoms with Crippen LogP contribution in [-0.2, 0) is 7.05 Å². The molecule has 0 bridgehead atoms. The van der Waals surface area contributed by atoms with Gasteiger partial charge in [0.05, 0.1) is 11.0 Å². The van der Waals surface area contributed by atoms with Crippen molar-refractivity contribution in [2.24, 2.45) is 7.05 Å². The summed E-state index contributed by atoms with van der Waals surface area (Å²) in [4.78, 5) is 4.98. The Hall–Kier alpha value is -2.65. The highest BCUT2D eigenvalue weighted by Gasteiger charge is 2.17. The van der Waals surface area contributed by atoms with Crippen LogP contribution in [0.1, 0.15) is 0 Å². The van der Waals surface area contributed by atoms with Crippen molar-refractivity contribution in [2.45, 2.75) is 0 Å². The minimum Gasteiger partial charge on any atom is -0.328 e. The van der Waals surface area contributed by atoms with Gasteiger partial charge in [-0.1, -0.05) is 64.5 Å². The van der Waals surface area contributed by atoms with Crippen LogP contribution in [0.5, 0.6) is 0 Å². The molecule has 3 aromatic carbocycles. The van der Waals surface area contributed by atoms with Gasteiger partial charge in [-0.2, -0.15) is 0 Å². The topological polar surface area (TPSA) is 17.8 Å². The molecule has 5 aromatic rings. The van der Waals surface area contributed by atoms with Gasteiger partial charge in [0.15, 0.2) is 0 Å². The number of halogens is 1. The molecular weight excluding hydrogens is 372 g/mol. The summed E-state index contributed by atoms with van der Waals surface area (Å²) in [6.07, 6.45) is 0.